The summed E-state index contributed by atoms with van der Waals surface area (Å²) in [7, 11) is 0. The molecule has 0 aliphatic rings. The average Bonchev–Trinajstić information content (AvgIpc) is 2.45. The fourth-order valence-electron chi connectivity index (χ4n) is 1.67. The minimum Gasteiger partial charge on any atom is -0.380 e. The van der Waals surface area contributed by atoms with Crippen molar-refractivity contribution in [2.75, 3.05) is 5.32 Å². The summed E-state index contributed by atoms with van der Waals surface area (Å²) in [6.45, 7) is 0.383. The molecule has 0 aliphatic carbocycles. The Morgan fingerprint density at radius 3 is 2.65 bits per heavy atom. The SMILES string of the molecule is N#Cc1cc(C(F)(F)F)ccc1NCc1cccnc1. The van der Waals surface area contributed by atoms with Gasteiger partial charge in [-0.3, -0.25) is 4.98 Å². The highest BCUT2D eigenvalue weighted by atomic mass is 19.4. The molecule has 0 amide bonds. The molecule has 1 aromatic carbocycles. The van der Waals surface area contributed by atoms with Gasteiger partial charge in [-0.25, -0.2) is 0 Å². The number of hydrogen-bond donors (Lipinski definition) is 1. The number of pyridine rings is 1. The Bertz CT molecular complexity index is 630. The minimum atomic E-state index is -4.45. The van der Waals surface area contributed by atoms with Crippen LogP contribution in [0.4, 0.5) is 18.9 Å². The van der Waals surface area contributed by atoms with Crippen LogP contribution in [-0.2, 0) is 12.7 Å². The van der Waals surface area contributed by atoms with Crippen LogP contribution in [0.15, 0.2) is 42.7 Å². The second-order valence-electron chi connectivity index (χ2n) is 4.08. The molecule has 2 aromatic rings. The van der Waals surface area contributed by atoms with E-state index in [1.54, 1.807) is 24.5 Å². The van der Waals surface area contributed by atoms with Crippen molar-refractivity contribution in [2.24, 2.45) is 0 Å². The molecular weight excluding hydrogens is 267 g/mol. The van der Waals surface area contributed by atoms with Gasteiger partial charge < -0.3 is 5.32 Å². The summed E-state index contributed by atoms with van der Waals surface area (Å²) in [6, 6.07) is 8.41. The summed E-state index contributed by atoms with van der Waals surface area (Å²) in [5, 5.41) is 11.9. The smallest absolute Gasteiger partial charge is 0.380 e. The van der Waals surface area contributed by atoms with Crippen molar-refractivity contribution in [3.05, 3.63) is 59.4 Å². The second kappa shape index (κ2) is 5.61. The summed E-state index contributed by atoms with van der Waals surface area (Å²) in [5.74, 6) is 0. The molecule has 0 unspecified atom stereocenters. The van der Waals surface area contributed by atoms with E-state index in [4.69, 9.17) is 5.26 Å². The van der Waals surface area contributed by atoms with Crippen molar-refractivity contribution in [3.63, 3.8) is 0 Å². The van der Waals surface area contributed by atoms with Crippen molar-refractivity contribution >= 4 is 5.69 Å². The average molecular weight is 277 g/mol. The van der Waals surface area contributed by atoms with Gasteiger partial charge in [-0.2, -0.15) is 18.4 Å². The van der Waals surface area contributed by atoms with Crippen LogP contribution < -0.4 is 5.32 Å². The number of halogens is 3. The lowest BCUT2D eigenvalue weighted by Gasteiger charge is -2.11. The van der Waals surface area contributed by atoms with Crippen molar-refractivity contribution in [2.45, 2.75) is 12.7 Å². The fraction of sp³-hybridized carbons (Fsp3) is 0.143. The van der Waals surface area contributed by atoms with Gasteiger partial charge in [0.2, 0.25) is 0 Å². The quantitative estimate of drug-likeness (QED) is 0.932. The van der Waals surface area contributed by atoms with Gasteiger partial charge in [-0.15, -0.1) is 0 Å². The zero-order valence-corrected chi connectivity index (χ0v) is 10.3. The van der Waals surface area contributed by atoms with Gasteiger partial charge >= 0.3 is 6.18 Å². The number of nitrogens with one attached hydrogen (secondary N) is 1. The second-order valence-corrected chi connectivity index (χ2v) is 4.08. The number of nitrogens with zero attached hydrogens (tertiary/aromatic N) is 2. The number of alkyl halides is 3. The topological polar surface area (TPSA) is 48.7 Å². The Balaban J connectivity index is 2.19. The van der Waals surface area contributed by atoms with Crippen LogP contribution in [0.5, 0.6) is 0 Å². The van der Waals surface area contributed by atoms with E-state index < -0.39 is 11.7 Å². The van der Waals surface area contributed by atoms with Crippen molar-refractivity contribution in [1.29, 1.82) is 5.26 Å². The molecule has 1 heterocycles. The predicted molar refractivity (Wildman–Crippen MR) is 67.7 cm³/mol. The molecule has 0 saturated carbocycles. The van der Waals surface area contributed by atoms with Gasteiger partial charge in [0, 0.05) is 18.9 Å². The van der Waals surface area contributed by atoms with Gasteiger partial charge in [-0.05, 0) is 29.8 Å². The van der Waals surface area contributed by atoms with Gasteiger partial charge in [-0.1, -0.05) is 6.07 Å². The van der Waals surface area contributed by atoms with E-state index in [0.29, 0.717) is 12.2 Å². The molecule has 0 radical (unpaired) electrons. The maximum absolute atomic E-state index is 12.5. The molecule has 2 rings (SSSR count). The zero-order chi connectivity index (χ0) is 14.6. The molecule has 1 aromatic heterocycles. The first-order chi connectivity index (χ1) is 9.50. The molecule has 0 aliphatic heterocycles. The van der Waals surface area contributed by atoms with Crippen molar-refractivity contribution < 1.29 is 13.2 Å². The van der Waals surface area contributed by atoms with E-state index in [2.05, 4.69) is 10.3 Å². The van der Waals surface area contributed by atoms with Crippen LogP contribution in [0.1, 0.15) is 16.7 Å². The first-order valence-corrected chi connectivity index (χ1v) is 5.75. The van der Waals surface area contributed by atoms with Gasteiger partial charge in [0.1, 0.15) is 6.07 Å². The molecule has 0 bridgehead atoms. The maximum Gasteiger partial charge on any atom is 0.416 e. The predicted octanol–water partition coefficient (Wildman–Crippen LogP) is 3.58. The number of hydrogen-bond acceptors (Lipinski definition) is 3. The van der Waals surface area contributed by atoms with Gasteiger partial charge in [0.05, 0.1) is 16.8 Å². The lowest BCUT2D eigenvalue weighted by molar-refractivity contribution is -0.137. The third kappa shape index (κ3) is 3.26. The molecule has 102 valence electrons. The van der Waals surface area contributed by atoms with Gasteiger partial charge in [0.25, 0.3) is 0 Å². The summed E-state index contributed by atoms with van der Waals surface area (Å²) in [4.78, 5) is 3.93. The first kappa shape index (κ1) is 13.9. The Hall–Kier alpha value is -2.55. The van der Waals surface area contributed by atoms with E-state index in [-0.39, 0.29) is 5.56 Å². The van der Waals surface area contributed by atoms with E-state index >= 15 is 0 Å². The first-order valence-electron chi connectivity index (χ1n) is 5.75. The van der Waals surface area contributed by atoms with Crippen LogP contribution >= 0.6 is 0 Å². The lowest BCUT2D eigenvalue weighted by atomic mass is 10.1. The van der Waals surface area contributed by atoms with Crippen LogP contribution in [0, 0.1) is 11.3 Å². The molecule has 6 heteroatoms. The van der Waals surface area contributed by atoms with Crippen LogP contribution in [0.2, 0.25) is 0 Å². The number of benzene rings is 1. The molecule has 0 saturated heterocycles. The molecular formula is C14H10F3N3. The summed E-state index contributed by atoms with van der Waals surface area (Å²) >= 11 is 0. The summed E-state index contributed by atoms with van der Waals surface area (Å²) in [6.07, 6.45) is -1.18. The highest BCUT2D eigenvalue weighted by Gasteiger charge is 2.31. The normalized spacial score (nSPS) is 10.9. The summed E-state index contributed by atoms with van der Waals surface area (Å²) in [5.41, 5.74) is 0.366. The largest absolute Gasteiger partial charge is 0.416 e. The van der Waals surface area contributed by atoms with Crippen molar-refractivity contribution in [1.82, 2.24) is 4.98 Å². The minimum absolute atomic E-state index is 0.0382. The highest BCUT2D eigenvalue weighted by Crippen LogP contribution is 2.31. The van der Waals surface area contributed by atoms with E-state index in [0.717, 1.165) is 17.7 Å². The molecule has 3 nitrogen and oxygen atoms in total. The number of nitriles is 1. The van der Waals surface area contributed by atoms with E-state index in [1.165, 1.54) is 6.07 Å². The number of aromatic nitrogens is 1. The molecule has 0 atom stereocenters. The lowest BCUT2D eigenvalue weighted by Crippen LogP contribution is -2.07. The Morgan fingerprint density at radius 1 is 1.25 bits per heavy atom. The standard InChI is InChI=1S/C14H10F3N3/c15-14(16,17)12-3-4-13(11(6-12)7-18)20-9-10-2-1-5-19-8-10/h1-6,8,20H,9H2. The number of rotatable bonds is 3. The molecule has 20 heavy (non-hydrogen) atoms. The molecule has 0 fully saturated rings. The Kier molecular flexibility index (Phi) is 3.89. The fourth-order valence-corrected chi connectivity index (χ4v) is 1.67. The highest BCUT2D eigenvalue weighted by molar-refractivity contribution is 5.59. The van der Waals surface area contributed by atoms with Crippen LogP contribution in [0.3, 0.4) is 0 Å². The van der Waals surface area contributed by atoms with Crippen LogP contribution in [-0.4, -0.2) is 4.98 Å². The summed E-state index contributed by atoms with van der Waals surface area (Å²) < 4.78 is 37.6. The molecule has 0 spiro atoms. The van der Waals surface area contributed by atoms with Gasteiger partial charge in [0.15, 0.2) is 0 Å². The third-order valence-corrected chi connectivity index (χ3v) is 2.67. The third-order valence-electron chi connectivity index (χ3n) is 2.67. The zero-order valence-electron chi connectivity index (χ0n) is 10.3. The monoisotopic (exact) mass is 277 g/mol. The maximum atomic E-state index is 12.5. The Labute approximate surface area is 113 Å². The van der Waals surface area contributed by atoms with Crippen molar-refractivity contribution in [3.8, 4) is 6.07 Å². The Morgan fingerprint density at radius 2 is 2.05 bits per heavy atom. The molecule has 1 N–H and O–H groups in total. The number of anilines is 1. The van der Waals surface area contributed by atoms with E-state index in [1.807, 2.05) is 6.07 Å². The van der Waals surface area contributed by atoms with Crippen LogP contribution in [0.25, 0.3) is 0 Å². The van der Waals surface area contributed by atoms with E-state index in [9.17, 15) is 13.2 Å².